The lowest BCUT2D eigenvalue weighted by Crippen LogP contribution is -3.00. The topological polar surface area (TPSA) is 291 Å². The van der Waals surface area contributed by atoms with Gasteiger partial charge in [0.25, 0.3) is 0 Å². The van der Waals surface area contributed by atoms with Gasteiger partial charge in [0, 0.05) is 136 Å². The molecule has 18 heteroatoms. The van der Waals surface area contributed by atoms with Gasteiger partial charge < -0.3 is 64.7 Å². The van der Waals surface area contributed by atoms with Gasteiger partial charge in [-0.05, 0) is 130 Å². The number of hydrogen-bond donors (Lipinski definition) is 9. The molecule has 12 N–H and O–H groups in total. The molecule has 17 nitrogen and oxygen atoms in total. The van der Waals surface area contributed by atoms with E-state index in [9.17, 15) is 39.3 Å². The number of Topliss-reactive ketones (excluding diaryl/α,β-unsaturated/α-hetero) is 5. The highest BCUT2D eigenvalue weighted by Gasteiger charge is 2.33. The van der Waals surface area contributed by atoms with Gasteiger partial charge in [0.2, 0.25) is 0 Å². The number of carbonyl (C=O) groups excluding carboxylic acids is 5. The number of quaternary nitrogens is 1. The van der Waals surface area contributed by atoms with Crippen molar-refractivity contribution in [1.82, 2.24) is 9.80 Å². The van der Waals surface area contributed by atoms with Gasteiger partial charge in [0.1, 0.15) is 26.2 Å². The summed E-state index contributed by atoms with van der Waals surface area (Å²) in [6.45, 7) is 6.77. The standard InChI is InChI=1S/C20H24NO4.C18H21N3O.C18H19NO3.C17H17NO.C17H16O2.ClH/c22-10-7-21(8-11-23,9-12-24)14-17-13-16-5-1-3-15-4-2-6-18(19(15)16)20(17)25;19-7-9-21(10-8-20)12-15-11-14-5-1-3-13-4-2-6-16(17(13)14)18(15)22;20-9-7-19(8-10-21)12-15-11-14-5-1-3-13-4-2-6-16(17(13)14)18(15)22;2*18-10-2-1-5-14-11-13-8-3-6-12-7-4-9-15(16(12)13)17(14)19;/h1-6,13,22-24H,7-12,14H2;1-6,11H,7-10,12,19-20H2;1-6,11,20-21H,7-10,12H2;3-4,6-9,11H,1-2,5,10,18H2;3-4,6-9,11,18H,1-2,5,10H2;1H/q+1;;;;;/p-1. The molecule has 0 atom stereocenters. The van der Waals surface area contributed by atoms with Crippen LogP contribution in [0.5, 0.6) is 0 Å². The molecule has 5 aliphatic carbocycles. The van der Waals surface area contributed by atoms with Crippen LogP contribution in [0.25, 0.3) is 84.2 Å². The maximum absolute atomic E-state index is 13.0. The van der Waals surface area contributed by atoms with E-state index in [1.54, 1.807) is 0 Å². The van der Waals surface area contributed by atoms with E-state index in [-0.39, 0.29) is 81.0 Å². The van der Waals surface area contributed by atoms with Crippen molar-refractivity contribution in [2.45, 2.75) is 38.5 Å². The minimum atomic E-state index is -0.0619. The largest absolute Gasteiger partial charge is 1.00 e. The molecule has 0 aliphatic heterocycles. The van der Waals surface area contributed by atoms with Gasteiger partial charge >= 0.3 is 0 Å². The number of aliphatic hydroxyl groups is 6. The van der Waals surface area contributed by atoms with E-state index in [0.717, 1.165) is 172 Å². The average Bonchev–Trinajstić information content (AvgIpc) is 0.792. The summed E-state index contributed by atoms with van der Waals surface area (Å²) < 4.78 is 0.291. The Morgan fingerprint density at radius 3 is 0.843 bits per heavy atom. The fourth-order valence-electron chi connectivity index (χ4n) is 15.4. The summed E-state index contributed by atoms with van der Waals surface area (Å²) >= 11 is 0. The van der Waals surface area contributed by atoms with E-state index in [1.165, 1.54) is 0 Å². The second-order valence-corrected chi connectivity index (χ2v) is 27.6. The van der Waals surface area contributed by atoms with Gasteiger partial charge in [-0.2, -0.15) is 0 Å². The van der Waals surface area contributed by atoms with Crippen LogP contribution < -0.4 is 29.6 Å². The Labute approximate surface area is 636 Å². The minimum absolute atomic E-state index is 0. The first-order valence-electron chi connectivity index (χ1n) is 37.1. The van der Waals surface area contributed by atoms with Gasteiger partial charge in [-0.15, -0.1) is 0 Å². The Bertz CT molecular complexity index is 4800. The third kappa shape index (κ3) is 18.5. The molecule has 0 saturated carbocycles. The first kappa shape index (κ1) is 80.9. The highest BCUT2D eigenvalue weighted by atomic mass is 35.5. The lowest BCUT2D eigenvalue weighted by molar-refractivity contribution is -0.924. The van der Waals surface area contributed by atoms with Crippen LogP contribution in [0, 0.1) is 0 Å². The van der Waals surface area contributed by atoms with E-state index in [4.69, 9.17) is 32.5 Å². The first-order valence-corrected chi connectivity index (χ1v) is 37.1. The van der Waals surface area contributed by atoms with Gasteiger partial charge in [-0.3, -0.25) is 33.8 Å². The summed E-state index contributed by atoms with van der Waals surface area (Å²) in [5.41, 5.74) is 30.1. The van der Waals surface area contributed by atoms with Crippen molar-refractivity contribution in [3.05, 3.63) is 265 Å². The Kier molecular flexibility index (Phi) is 29.2. The number of unbranched alkanes of at least 4 members (excludes halogenated alkanes) is 2. The van der Waals surface area contributed by atoms with Crippen molar-refractivity contribution in [2.24, 2.45) is 17.2 Å². The molecule has 0 fully saturated rings. The number of nitrogens with two attached hydrogens (primary N) is 3. The third-order valence-electron chi connectivity index (χ3n) is 20.5. The number of hydrogen-bond acceptors (Lipinski definition) is 16. The van der Waals surface area contributed by atoms with Gasteiger partial charge in [-0.1, -0.05) is 182 Å². The Hall–Kier alpha value is -9.64. The summed E-state index contributed by atoms with van der Waals surface area (Å²) in [5.74, 6) is 0.456. The Morgan fingerprint density at radius 2 is 0.556 bits per heavy atom. The zero-order chi connectivity index (χ0) is 75.4. The van der Waals surface area contributed by atoms with Crippen LogP contribution in [0.3, 0.4) is 0 Å². The number of halogens is 1. The van der Waals surface area contributed by atoms with Gasteiger partial charge in [0.05, 0.1) is 38.6 Å². The fourth-order valence-corrected chi connectivity index (χ4v) is 15.4. The van der Waals surface area contributed by atoms with Crippen LogP contribution in [-0.4, -0.2) is 199 Å². The van der Waals surface area contributed by atoms with E-state index in [2.05, 4.69) is 35.2 Å². The number of benzene rings is 10. The second kappa shape index (κ2) is 38.9. The van der Waals surface area contributed by atoms with E-state index in [0.29, 0.717) is 93.2 Å². The molecule has 0 heterocycles. The molecule has 0 spiro atoms. The molecule has 10 aromatic carbocycles. The zero-order valence-electron chi connectivity index (χ0n) is 61.1. The van der Waals surface area contributed by atoms with Crippen LogP contribution in [-0.2, 0) is 0 Å². The van der Waals surface area contributed by atoms with Gasteiger partial charge in [-0.25, -0.2) is 0 Å². The molecule has 0 bridgehead atoms. The Balaban J connectivity index is 0.000000144. The predicted octanol–water partition coefficient (Wildman–Crippen LogP) is 8.69. The Morgan fingerprint density at radius 1 is 0.287 bits per heavy atom. The fraction of sp³-hybridized carbons (Fsp3) is 0.278. The summed E-state index contributed by atoms with van der Waals surface area (Å²) in [7, 11) is 0. The van der Waals surface area contributed by atoms with Crippen LogP contribution >= 0.6 is 0 Å². The number of allylic oxidation sites excluding steroid dienone is 2. The van der Waals surface area contributed by atoms with Crippen LogP contribution in [0.4, 0.5) is 0 Å². The number of carbonyl (C=O) groups is 5. The molecule has 10 aromatic rings. The molecule has 0 saturated heterocycles. The molecule has 15 rings (SSSR count). The normalized spacial score (nSPS) is 13.7. The summed E-state index contributed by atoms with van der Waals surface area (Å²) in [6.07, 6.45) is 15.0. The molecule has 0 aromatic heterocycles. The van der Waals surface area contributed by atoms with Crippen molar-refractivity contribution in [3.8, 4) is 0 Å². The lowest BCUT2D eigenvalue weighted by atomic mass is 9.86. The molecule has 0 unspecified atom stereocenters. The lowest BCUT2D eigenvalue weighted by Gasteiger charge is -2.38. The number of rotatable bonds is 28. The quantitative estimate of drug-likeness (QED) is 0.0164. The van der Waals surface area contributed by atoms with Crippen molar-refractivity contribution in [3.63, 3.8) is 0 Å². The molecular formula is C90H97ClN6O11. The molecule has 108 heavy (non-hydrogen) atoms. The van der Waals surface area contributed by atoms with Crippen LogP contribution in [0.2, 0.25) is 0 Å². The monoisotopic (exact) mass is 1470 g/mol. The molecule has 5 aliphatic rings. The van der Waals surface area contributed by atoms with Crippen molar-refractivity contribution >= 4 is 113 Å². The second-order valence-electron chi connectivity index (χ2n) is 27.6. The maximum Gasteiger partial charge on any atom is 0.195 e. The summed E-state index contributed by atoms with van der Waals surface area (Å²) in [5, 5.41) is 66.1. The maximum atomic E-state index is 13.0. The first-order chi connectivity index (χ1) is 52.2. The number of aliphatic hydroxyl groups excluding tert-OH is 6. The summed E-state index contributed by atoms with van der Waals surface area (Å²) in [4.78, 5) is 67.5. The highest BCUT2D eigenvalue weighted by molar-refractivity contribution is 6.26. The zero-order valence-corrected chi connectivity index (χ0v) is 61.8. The third-order valence-corrected chi connectivity index (χ3v) is 20.5. The smallest absolute Gasteiger partial charge is 0.195 e. The van der Waals surface area contributed by atoms with E-state index < -0.39 is 0 Å². The predicted molar refractivity (Wildman–Crippen MR) is 431 cm³/mol. The number of nitrogens with zero attached hydrogens (tertiary/aromatic N) is 3. The van der Waals surface area contributed by atoms with Gasteiger partial charge in [0.15, 0.2) is 28.9 Å². The SMILES string of the molecule is NCCCCC1=Cc2cccc3cccc(c23)C1=O.NCCN(CCN)CC1=Cc2cccc3cccc(c23)C1=O.O=C1C(CCCCO)=Cc2cccc3cccc1c23.O=C1C(CN(CCO)CCO)=Cc2cccc3cccc1c23.O=C1C(C[N+](CCO)(CCO)CCO)=Cc2cccc3cccc1c23.[Cl-]. The minimum Gasteiger partial charge on any atom is -1.00 e. The van der Waals surface area contributed by atoms with Crippen LogP contribution in [0.15, 0.2) is 210 Å². The summed E-state index contributed by atoms with van der Waals surface area (Å²) in [6, 6.07) is 59.7. The number of ketones is 5. The van der Waals surface area contributed by atoms with Crippen molar-refractivity contribution in [2.75, 3.05) is 125 Å². The molecule has 0 radical (unpaired) electrons. The molecule has 0 amide bonds. The van der Waals surface area contributed by atoms with E-state index >= 15 is 0 Å². The molecular weight excluding hydrogens is 1380 g/mol. The van der Waals surface area contributed by atoms with E-state index in [1.807, 2.05) is 187 Å². The van der Waals surface area contributed by atoms with Crippen LogP contribution in [0.1, 0.15) is 118 Å². The van der Waals surface area contributed by atoms with Crippen molar-refractivity contribution in [1.29, 1.82) is 0 Å². The average molecular weight is 1470 g/mol. The highest BCUT2D eigenvalue weighted by Crippen LogP contribution is 2.38. The molecule has 560 valence electrons. The van der Waals surface area contributed by atoms with Crippen molar-refractivity contribution < 1.29 is 71.5 Å².